The summed E-state index contributed by atoms with van der Waals surface area (Å²) >= 11 is 1.08. The highest BCUT2D eigenvalue weighted by atomic mass is 32.2. The summed E-state index contributed by atoms with van der Waals surface area (Å²) < 4.78 is 13.1. The van der Waals surface area contributed by atoms with E-state index in [2.05, 4.69) is 5.32 Å². The molecular formula is C23H19FN2O3S. The Morgan fingerprint density at radius 2 is 1.43 bits per heavy atom. The lowest BCUT2D eigenvalue weighted by Gasteiger charge is -2.11. The number of benzene rings is 3. The average molecular weight is 422 g/mol. The van der Waals surface area contributed by atoms with Gasteiger partial charge in [0.2, 0.25) is 0 Å². The summed E-state index contributed by atoms with van der Waals surface area (Å²) in [6.07, 6.45) is 0. The number of ketones is 1. The highest BCUT2D eigenvalue weighted by Crippen LogP contribution is 2.23. The zero-order valence-corrected chi connectivity index (χ0v) is 17.2. The van der Waals surface area contributed by atoms with Crippen molar-refractivity contribution >= 4 is 34.4 Å². The molecule has 0 bridgehead atoms. The van der Waals surface area contributed by atoms with Gasteiger partial charge in [-0.25, -0.2) is 4.39 Å². The fraction of sp³-hybridized carbons (Fsp3) is 0.0870. The number of carbonyl (C=O) groups is 3. The van der Waals surface area contributed by atoms with Crippen LogP contribution in [0.5, 0.6) is 0 Å². The predicted molar refractivity (Wildman–Crippen MR) is 116 cm³/mol. The van der Waals surface area contributed by atoms with Crippen LogP contribution in [-0.2, 0) is 0 Å². The van der Waals surface area contributed by atoms with Gasteiger partial charge in [-0.05, 0) is 66.4 Å². The number of nitrogens with zero attached hydrogens (tertiary/aromatic N) is 1. The first kappa shape index (κ1) is 21.3. The Kier molecular flexibility index (Phi) is 6.64. The van der Waals surface area contributed by atoms with Crippen molar-refractivity contribution in [2.24, 2.45) is 0 Å². The number of anilines is 1. The maximum Gasteiger partial charge on any atom is 0.285 e. The lowest BCUT2D eigenvalue weighted by atomic mass is 9.98. The Labute approximate surface area is 177 Å². The summed E-state index contributed by atoms with van der Waals surface area (Å²) in [4.78, 5) is 39.6. The summed E-state index contributed by atoms with van der Waals surface area (Å²) in [5.41, 5.74) is 1.27. The van der Waals surface area contributed by atoms with Gasteiger partial charge in [-0.2, -0.15) is 0 Å². The van der Waals surface area contributed by atoms with Gasteiger partial charge in [0.15, 0.2) is 5.78 Å². The molecule has 3 aromatic carbocycles. The Bertz CT molecular complexity index is 1080. The summed E-state index contributed by atoms with van der Waals surface area (Å²) in [7, 11) is 3.35. The third kappa shape index (κ3) is 5.12. The van der Waals surface area contributed by atoms with E-state index in [-0.39, 0.29) is 22.1 Å². The molecule has 0 fully saturated rings. The maximum absolute atomic E-state index is 13.1. The Hall–Kier alpha value is -3.45. The summed E-state index contributed by atoms with van der Waals surface area (Å²) in [6, 6.07) is 18.5. The molecule has 3 rings (SSSR count). The minimum absolute atomic E-state index is 0.0972. The van der Waals surface area contributed by atoms with E-state index in [0.29, 0.717) is 11.3 Å². The van der Waals surface area contributed by atoms with E-state index < -0.39 is 11.7 Å². The molecule has 5 nitrogen and oxygen atoms in total. The van der Waals surface area contributed by atoms with Crippen molar-refractivity contribution in [2.45, 2.75) is 4.90 Å². The van der Waals surface area contributed by atoms with Gasteiger partial charge in [-0.15, -0.1) is 0 Å². The number of rotatable bonds is 5. The van der Waals surface area contributed by atoms with Crippen molar-refractivity contribution < 1.29 is 18.8 Å². The molecule has 152 valence electrons. The molecule has 0 radical (unpaired) electrons. The van der Waals surface area contributed by atoms with Crippen molar-refractivity contribution in [3.05, 3.63) is 95.3 Å². The monoisotopic (exact) mass is 422 g/mol. The largest absolute Gasteiger partial charge is 0.339 e. The average Bonchev–Trinajstić information content (AvgIpc) is 2.75. The maximum atomic E-state index is 13.1. The molecule has 0 aliphatic carbocycles. The van der Waals surface area contributed by atoms with Crippen LogP contribution in [-0.4, -0.2) is 35.9 Å². The molecule has 0 spiro atoms. The van der Waals surface area contributed by atoms with E-state index in [9.17, 15) is 18.8 Å². The molecule has 0 aliphatic rings. The third-order valence-electron chi connectivity index (χ3n) is 4.21. The molecule has 0 aromatic heterocycles. The minimum atomic E-state index is -0.439. The first-order chi connectivity index (χ1) is 14.3. The van der Waals surface area contributed by atoms with Crippen molar-refractivity contribution in [3.63, 3.8) is 0 Å². The number of halogens is 1. The summed E-state index contributed by atoms with van der Waals surface area (Å²) in [6.45, 7) is 0. The van der Waals surface area contributed by atoms with Gasteiger partial charge in [-0.1, -0.05) is 18.2 Å². The van der Waals surface area contributed by atoms with E-state index in [1.807, 2.05) is 0 Å². The van der Waals surface area contributed by atoms with Crippen molar-refractivity contribution in [3.8, 4) is 0 Å². The molecular weight excluding hydrogens is 403 g/mol. The number of carbonyl (C=O) groups excluding carboxylic acids is 3. The first-order valence-electron chi connectivity index (χ1n) is 9.05. The highest BCUT2D eigenvalue weighted by Gasteiger charge is 2.18. The van der Waals surface area contributed by atoms with Crippen LogP contribution in [0.4, 0.5) is 14.9 Å². The standard InChI is InChI=1S/C23H19FN2O3S/c1-26(2)23(29)30-18-13-11-17(12-14-18)25-22(28)20-6-4-3-5-19(20)21(27)15-7-9-16(24)10-8-15/h3-14H,1-2H3,(H,25,28). The molecule has 3 aromatic rings. The van der Waals surface area contributed by atoms with Crippen LogP contribution in [0.1, 0.15) is 26.3 Å². The van der Waals surface area contributed by atoms with Gasteiger partial charge >= 0.3 is 0 Å². The van der Waals surface area contributed by atoms with E-state index in [1.54, 1.807) is 62.6 Å². The summed E-state index contributed by atoms with van der Waals surface area (Å²) in [5, 5.41) is 2.66. The zero-order valence-electron chi connectivity index (χ0n) is 16.4. The predicted octanol–water partition coefficient (Wildman–Crippen LogP) is 5.08. The smallest absolute Gasteiger partial charge is 0.285 e. The molecule has 0 aliphatic heterocycles. The quantitative estimate of drug-likeness (QED) is 0.460. The number of hydrogen-bond donors (Lipinski definition) is 1. The van der Waals surface area contributed by atoms with Crippen LogP contribution >= 0.6 is 11.8 Å². The van der Waals surface area contributed by atoms with E-state index in [0.717, 1.165) is 16.7 Å². The highest BCUT2D eigenvalue weighted by molar-refractivity contribution is 8.13. The molecule has 0 atom stereocenters. The Morgan fingerprint density at radius 1 is 0.833 bits per heavy atom. The van der Waals surface area contributed by atoms with Gasteiger partial charge in [-0.3, -0.25) is 14.4 Å². The Morgan fingerprint density at radius 3 is 2.03 bits per heavy atom. The number of hydrogen-bond acceptors (Lipinski definition) is 4. The third-order valence-corrected chi connectivity index (χ3v) is 5.25. The molecule has 1 N–H and O–H groups in total. The van der Waals surface area contributed by atoms with Gasteiger partial charge < -0.3 is 10.2 Å². The van der Waals surface area contributed by atoms with Gasteiger partial charge in [0, 0.05) is 35.8 Å². The fourth-order valence-electron chi connectivity index (χ4n) is 2.63. The summed E-state index contributed by atoms with van der Waals surface area (Å²) in [5.74, 6) is -1.24. The van der Waals surface area contributed by atoms with Crippen molar-refractivity contribution in [2.75, 3.05) is 19.4 Å². The zero-order chi connectivity index (χ0) is 21.7. The molecule has 7 heteroatoms. The Balaban J connectivity index is 1.77. The topological polar surface area (TPSA) is 66.5 Å². The molecule has 2 amide bonds. The number of nitrogens with one attached hydrogen (secondary N) is 1. The van der Waals surface area contributed by atoms with E-state index >= 15 is 0 Å². The first-order valence-corrected chi connectivity index (χ1v) is 9.86. The van der Waals surface area contributed by atoms with E-state index in [4.69, 9.17) is 0 Å². The second-order valence-electron chi connectivity index (χ2n) is 6.62. The van der Waals surface area contributed by atoms with Crippen LogP contribution in [0.3, 0.4) is 0 Å². The van der Waals surface area contributed by atoms with Crippen molar-refractivity contribution in [1.29, 1.82) is 0 Å². The van der Waals surface area contributed by atoms with Crippen LogP contribution in [0.25, 0.3) is 0 Å². The van der Waals surface area contributed by atoms with Gasteiger partial charge in [0.05, 0.1) is 5.56 Å². The van der Waals surface area contributed by atoms with Crippen LogP contribution in [0.2, 0.25) is 0 Å². The van der Waals surface area contributed by atoms with Crippen LogP contribution in [0, 0.1) is 5.82 Å². The molecule has 30 heavy (non-hydrogen) atoms. The lowest BCUT2D eigenvalue weighted by Crippen LogP contribution is -2.17. The van der Waals surface area contributed by atoms with Gasteiger partial charge in [0.25, 0.3) is 11.1 Å². The number of amides is 2. The number of thioether (sulfide) groups is 1. The fourth-order valence-corrected chi connectivity index (χ4v) is 3.29. The second kappa shape index (κ2) is 9.37. The van der Waals surface area contributed by atoms with Gasteiger partial charge in [0.1, 0.15) is 5.82 Å². The van der Waals surface area contributed by atoms with Crippen LogP contribution in [0.15, 0.2) is 77.7 Å². The lowest BCUT2D eigenvalue weighted by molar-refractivity contribution is 0.0996. The molecule has 0 saturated carbocycles. The van der Waals surface area contributed by atoms with Crippen LogP contribution < -0.4 is 5.32 Å². The molecule has 0 unspecified atom stereocenters. The van der Waals surface area contributed by atoms with Crippen molar-refractivity contribution in [1.82, 2.24) is 4.90 Å². The normalized spacial score (nSPS) is 10.4. The molecule has 0 heterocycles. The SMILES string of the molecule is CN(C)C(=O)Sc1ccc(NC(=O)c2ccccc2C(=O)c2ccc(F)cc2)cc1. The second-order valence-corrected chi connectivity index (χ2v) is 7.65. The molecule has 0 saturated heterocycles. The van der Waals surface area contributed by atoms with E-state index in [1.165, 1.54) is 29.2 Å². The minimum Gasteiger partial charge on any atom is -0.339 e.